The highest BCUT2D eigenvalue weighted by Gasteiger charge is 2.29. The molecule has 28 heavy (non-hydrogen) atoms. The van der Waals surface area contributed by atoms with Crippen molar-refractivity contribution >= 4 is 44.1 Å². The van der Waals surface area contributed by atoms with E-state index in [0.29, 0.717) is 0 Å². The summed E-state index contributed by atoms with van der Waals surface area (Å²) < 4.78 is 16.2. The van der Waals surface area contributed by atoms with Crippen molar-refractivity contribution in [3.63, 3.8) is 0 Å². The second kappa shape index (κ2) is 5.55. The summed E-state index contributed by atoms with van der Waals surface area (Å²) in [5.41, 5.74) is 3.81. The normalized spacial score (nSPS) is 12.7. The van der Waals surface area contributed by atoms with Gasteiger partial charge in [0.1, 0.15) is 12.9 Å². The molecule has 0 fully saturated rings. The van der Waals surface area contributed by atoms with Gasteiger partial charge in [-0.1, -0.05) is 42.1 Å². The lowest BCUT2D eigenvalue weighted by molar-refractivity contribution is -0.659. The number of hydrogen-bond donors (Lipinski definition) is 0. The Morgan fingerprint density at radius 2 is 1.61 bits per heavy atom. The molecule has 0 radical (unpaired) electrons. The van der Waals surface area contributed by atoms with Gasteiger partial charge >= 0.3 is 0 Å². The van der Waals surface area contributed by atoms with E-state index in [1.54, 1.807) is 12.1 Å². The minimum absolute atomic E-state index is 0.191. The highest BCUT2D eigenvalue weighted by atomic mass is 32.2. The van der Waals surface area contributed by atoms with Gasteiger partial charge in [0.15, 0.2) is 6.20 Å². The molecule has 0 N–H and O–H groups in total. The van der Waals surface area contributed by atoms with E-state index < -0.39 is 0 Å². The summed E-state index contributed by atoms with van der Waals surface area (Å²) in [4.78, 5) is 2.52. The molecule has 134 valence electrons. The molecule has 2 heterocycles. The summed E-state index contributed by atoms with van der Waals surface area (Å²) in [6, 6.07) is 20.3. The van der Waals surface area contributed by atoms with Crippen LogP contribution in [0.5, 0.6) is 0 Å². The Hall–Kier alpha value is -2.91. The molecular weight excluding hydrogens is 365 g/mol. The minimum atomic E-state index is -0.191. The highest BCUT2D eigenvalue weighted by molar-refractivity contribution is 7.99. The van der Waals surface area contributed by atoms with Gasteiger partial charge in [-0.25, -0.2) is 8.96 Å². The summed E-state index contributed by atoms with van der Waals surface area (Å²) in [5.74, 6) is -0.191. The SMILES string of the molecule is Cc1c2c(cc3ccccc13)Sc1cc3ccc(F)cc3c3cc[n+](C)c-2c13. The van der Waals surface area contributed by atoms with E-state index in [1.807, 2.05) is 17.8 Å². The van der Waals surface area contributed by atoms with Crippen molar-refractivity contribution in [2.75, 3.05) is 0 Å². The zero-order valence-electron chi connectivity index (χ0n) is 15.6. The number of fused-ring (bicyclic) bond motifs is 5. The van der Waals surface area contributed by atoms with Crippen LogP contribution in [0.2, 0.25) is 0 Å². The number of halogens is 1. The Morgan fingerprint density at radius 1 is 0.821 bits per heavy atom. The number of aryl methyl sites for hydroxylation is 2. The lowest BCUT2D eigenvalue weighted by atomic mass is 9.93. The molecule has 3 heteroatoms. The first kappa shape index (κ1) is 16.1. The van der Waals surface area contributed by atoms with E-state index in [0.717, 1.165) is 16.2 Å². The zero-order valence-corrected chi connectivity index (χ0v) is 16.4. The van der Waals surface area contributed by atoms with Crippen LogP contribution < -0.4 is 4.57 Å². The second-order valence-corrected chi connectivity index (χ2v) is 8.59. The molecule has 0 saturated heterocycles. The van der Waals surface area contributed by atoms with Crippen molar-refractivity contribution in [3.8, 4) is 11.3 Å². The fraction of sp³-hybridized carbons (Fsp3) is 0.0800. The smallest absolute Gasteiger partial charge is 0.207 e. The average Bonchev–Trinajstić information content (AvgIpc) is 2.70. The maximum absolute atomic E-state index is 14.0. The number of nitrogens with zero attached hydrogens (tertiary/aromatic N) is 1. The van der Waals surface area contributed by atoms with Gasteiger partial charge in [-0.3, -0.25) is 0 Å². The minimum Gasteiger partial charge on any atom is -0.207 e. The van der Waals surface area contributed by atoms with Gasteiger partial charge in [0.05, 0.1) is 10.9 Å². The van der Waals surface area contributed by atoms with Crippen molar-refractivity contribution in [2.24, 2.45) is 7.05 Å². The average molecular weight is 382 g/mol. The number of aromatic nitrogens is 1. The van der Waals surface area contributed by atoms with E-state index in [-0.39, 0.29) is 5.82 Å². The van der Waals surface area contributed by atoms with Crippen LogP contribution in [-0.2, 0) is 7.05 Å². The first-order valence-corrected chi connectivity index (χ1v) is 10.2. The lowest BCUT2D eigenvalue weighted by Crippen LogP contribution is -2.31. The summed E-state index contributed by atoms with van der Waals surface area (Å²) in [5, 5.41) is 6.95. The molecule has 6 rings (SSSR count). The van der Waals surface area contributed by atoms with Gasteiger partial charge in [-0.05, 0) is 58.3 Å². The molecule has 0 spiro atoms. The summed E-state index contributed by atoms with van der Waals surface area (Å²) in [7, 11) is 2.10. The molecule has 1 nitrogen and oxygen atoms in total. The quantitative estimate of drug-likeness (QED) is 0.213. The summed E-state index contributed by atoms with van der Waals surface area (Å²) in [6.07, 6.45) is 2.10. The Bertz CT molecular complexity index is 1470. The van der Waals surface area contributed by atoms with E-state index >= 15 is 0 Å². The molecule has 1 aliphatic heterocycles. The topological polar surface area (TPSA) is 3.88 Å². The van der Waals surface area contributed by atoms with E-state index in [9.17, 15) is 4.39 Å². The Kier molecular flexibility index (Phi) is 3.19. The molecule has 0 bridgehead atoms. The van der Waals surface area contributed by atoms with Gasteiger partial charge in [0.25, 0.3) is 0 Å². The largest absolute Gasteiger partial charge is 0.222 e. The first-order valence-electron chi connectivity index (χ1n) is 9.37. The Balaban J connectivity index is 1.84. The molecule has 0 unspecified atom stereocenters. The van der Waals surface area contributed by atoms with E-state index in [4.69, 9.17) is 0 Å². The predicted molar refractivity (Wildman–Crippen MR) is 114 cm³/mol. The zero-order chi connectivity index (χ0) is 19.0. The van der Waals surface area contributed by atoms with Crippen LogP contribution in [0, 0.1) is 12.7 Å². The standard InChI is InChI=1S/C25H17FNS/c1-14-18-6-4-3-5-15(18)11-21-23(14)25-24-19(9-10-27(25)2)20-13-17(26)8-7-16(20)12-22(24)28-21/h3-13H,1-2H3/q+1. The van der Waals surface area contributed by atoms with Gasteiger partial charge in [0, 0.05) is 21.2 Å². The van der Waals surface area contributed by atoms with Crippen LogP contribution in [-0.4, -0.2) is 0 Å². The van der Waals surface area contributed by atoms with Crippen molar-refractivity contribution in [3.05, 3.63) is 78.2 Å². The third-order valence-electron chi connectivity index (χ3n) is 5.89. The third-order valence-corrected chi connectivity index (χ3v) is 6.98. The molecule has 0 amide bonds. The number of hydrogen-bond acceptors (Lipinski definition) is 1. The summed E-state index contributed by atoms with van der Waals surface area (Å²) in [6.45, 7) is 2.21. The fourth-order valence-electron chi connectivity index (χ4n) is 4.60. The molecule has 4 aromatic carbocycles. The molecule has 0 atom stereocenters. The van der Waals surface area contributed by atoms with Crippen LogP contribution in [0.25, 0.3) is 43.6 Å². The second-order valence-electron chi connectivity index (χ2n) is 7.50. The van der Waals surface area contributed by atoms with Gasteiger partial charge in [-0.2, -0.15) is 0 Å². The Labute approximate surface area is 166 Å². The molecule has 1 aliphatic rings. The molecule has 5 aromatic rings. The van der Waals surface area contributed by atoms with Crippen LogP contribution in [0.3, 0.4) is 0 Å². The van der Waals surface area contributed by atoms with Crippen LogP contribution >= 0.6 is 11.8 Å². The molecular formula is C25H17FNS+. The van der Waals surface area contributed by atoms with Crippen molar-refractivity contribution in [2.45, 2.75) is 16.7 Å². The monoisotopic (exact) mass is 382 g/mol. The number of pyridine rings is 1. The third kappa shape index (κ3) is 2.05. The van der Waals surface area contributed by atoms with Crippen molar-refractivity contribution < 1.29 is 8.96 Å². The summed E-state index contributed by atoms with van der Waals surface area (Å²) >= 11 is 1.82. The van der Waals surface area contributed by atoms with Crippen LogP contribution in [0.15, 0.2) is 76.7 Å². The van der Waals surface area contributed by atoms with Crippen molar-refractivity contribution in [1.82, 2.24) is 0 Å². The fourth-order valence-corrected chi connectivity index (χ4v) is 5.86. The van der Waals surface area contributed by atoms with E-state index in [1.165, 1.54) is 42.8 Å². The highest BCUT2D eigenvalue weighted by Crippen LogP contribution is 2.50. The van der Waals surface area contributed by atoms with Gasteiger partial charge in [-0.15, -0.1) is 0 Å². The predicted octanol–water partition coefficient (Wildman–Crippen LogP) is 6.55. The maximum Gasteiger partial charge on any atom is 0.222 e. The van der Waals surface area contributed by atoms with E-state index in [2.05, 4.69) is 67.2 Å². The Morgan fingerprint density at radius 3 is 2.50 bits per heavy atom. The molecule has 1 aromatic heterocycles. The van der Waals surface area contributed by atoms with Crippen LogP contribution in [0.4, 0.5) is 4.39 Å². The molecule has 0 aliphatic carbocycles. The number of benzene rings is 4. The number of rotatable bonds is 0. The van der Waals surface area contributed by atoms with Crippen LogP contribution in [0.1, 0.15) is 5.56 Å². The first-order chi connectivity index (χ1) is 13.6. The van der Waals surface area contributed by atoms with Crippen molar-refractivity contribution in [1.29, 1.82) is 0 Å². The van der Waals surface area contributed by atoms with Gasteiger partial charge in [0.2, 0.25) is 5.69 Å². The van der Waals surface area contributed by atoms with Gasteiger partial charge < -0.3 is 0 Å². The lowest BCUT2D eigenvalue weighted by Gasteiger charge is -2.22. The maximum atomic E-state index is 14.0. The molecule has 0 saturated carbocycles.